The third-order valence-corrected chi connectivity index (χ3v) is 8.06. The summed E-state index contributed by atoms with van der Waals surface area (Å²) >= 11 is 0. The van der Waals surface area contributed by atoms with E-state index in [4.69, 9.17) is 4.74 Å². The number of anilines is 1. The van der Waals surface area contributed by atoms with Crippen molar-refractivity contribution in [2.24, 2.45) is 0 Å². The van der Waals surface area contributed by atoms with Crippen molar-refractivity contribution in [2.45, 2.75) is 31.3 Å². The summed E-state index contributed by atoms with van der Waals surface area (Å²) in [6.07, 6.45) is 0.845. The van der Waals surface area contributed by atoms with Crippen LogP contribution in [0.5, 0.6) is 0 Å². The number of aryl methyl sites for hydroxylation is 1. The molecule has 1 saturated heterocycles. The molecule has 8 heteroatoms. The number of hydrogen-bond acceptors (Lipinski definition) is 5. The molecular formula is C28H33N3O4S. The van der Waals surface area contributed by atoms with E-state index in [0.717, 1.165) is 50.4 Å². The van der Waals surface area contributed by atoms with Crippen LogP contribution < -0.4 is 9.62 Å². The fourth-order valence-corrected chi connectivity index (χ4v) is 5.54. The fraction of sp³-hybridized carbons (Fsp3) is 0.321. The van der Waals surface area contributed by atoms with Crippen molar-refractivity contribution in [3.63, 3.8) is 0 Å². The van der Waals surface area contributed by atoms with Crippen molar-refractivity contribution in [1.29, 1.82) is 0 Å². The van der Waals surface area contributed by atoms with Gasteiger partial charge in [-0.3, -0.25) is 14.0 Å². The van der Waals surface area contributed by atoms with Crippen LogP contribution in [0.2, 0.25) is 0 Å². The van der Waals surface area contributed by atoms with Gasteiger partial charge in [0.25, 0.3) is 10.0 Å². The van der Waals surface area contributed by atoms with Crippen LogP contribution in [0.1, 0.15) is 23.6 Å². The molecule has 1 aliphatic rings. The smallest absolute Gasteiger partial charge is 0.264 e. The maximum absolute atomic E-state index is 13.4. The Morgan fingerprint density at radius 3 is 2.14 bits per heavy atom. The first-order valence-electron chi connectivity index (χ1n) is 12.3. The second-order valence-electron chi connectivity index (χ2n) is 8.83. The second kappa shape index (κ2) is 12.2. The first kappa shape index (κ1) is 25.9. The summed E-state index contributed by atoms with van der Waals surface area (Å²) in [6, 6.07) is 23.6. The van der Waals surface area contributed by atoms with Gasteiger partial charge < -0.3 is 10.1 Å². The molecule has 1 heterocycles. The van der Waals surface area contributed by atoms with Gasteiger partial charge in [-0.15, -0.1) is 0 Å². The number of carbonyl (C=O) groups excluding carboxylic acids is 1. The Morgan fingerprint density at radius 1 is 0.889 bits per heavy atom. The third kappa shape index (κ3) is 6.72. The summed E-state index contributed by atoms with van der Waals surface area (Å²) in [5.74, 6) is -0.369. The summed E-state index contributed by atoms with van der Waals surface area (Å²) in [4.78, 5) is 15.4. The van der Waals surface area contributed by atoms with Crippen LogP contribution in [0, 0.1) is 0 Å². The highest BCUT2D eigenvalue weighted by Gasteiger charge is 2.27. The molecule has 0 radical (unpaired) electrons. The molecule has 1 N–H and O–H groups in total. The molecule has 1 aliphatic heterocycles. The van der Waals surface area contributed by atoms with Gasteiger partial charge in [-0.2, -0.15) is 0 Å². The van der Waals surface area contributed by atoms with Crippen LogP contribution in [-0.2, 0) is 39.1 Å². The number of rotatable bonds is 10. The van der Waals surface area contributed by atoms with E-state index in [1.165, 1.54) is 9.87 Å². The van der Waals surface area contributed by atoms with Gasteiger partial charge in [-0.25, -0.2) is 8.42 Å². The van der Waals surface area contributed by atoms with Crippen LogP contribution in [-0.4, -0.2) is 52.1 Å². The molecule has 190 valence electrons. The predicted octanol–water partition coefficient (Wildman–Crippen LogP) is 3.59. The number of ether oxygens (including phenoxy) is 1. The van der Waals surface area contributed by atoms with Gasteiger partial charge in [-0.05, 0) is 47.4 Å². The molecule has 0 aliphatic carbocycles. The van der Waals surface area contributed by atoms with E-state index in [9.17, 15) is 13.2 Å². The Balaban J connectivity index is 1.42. The average Bonchev–Trinajstić information content (AvgIpc) is 2.92. The molecule has 4 rings (SSSR count). The van der Waals surface area contributed by atoms with E-state index in [0.29, 0.717) is 12.2 Å². The van der Waals surface area contributed by atoms with Crippen molar-refractivity contribution >= 4 is 21.6 Å². The van der Waals surface area contributed by atoms with Gasteiger partial charge in [0.05, 0.1) is 23.8 Å². The first-order valence-corrected chi connectivity index (χ1v) is 13.7. The molecule has 7 nitrogen and oxygen atoms in total. The Labute approximate surface area is 213 Å². The van der Waals surface area contributed by atoms with Crippen molar-refractivity contribution in [1.82, 2.24) is 10.2 Å². The largest absolute Gasteiger partial charge is 0.379 e. The lowest BCUT2D eigenvalue weighted by Gasteiger charge is -2.26. The fourth-order valence-electron chi connectivity index (χ4n) is 4.10. The van der Waals surface area contributed by atoms with E-state index in [1.54, 1.807) is 42.5 Å². The van der Waals surface area contributed by atoms with Gasteiger partial charge in [0.15, 0.2) is 0 Å². The number of morpholine rings is 1. The summed E-state index contributed by atoms with van der Waals surface area (Å²) in [7, 11) is -3.91. The monoisotopic (exact) mass is 507 g/mol. The molecule has 1 fully saturated rings. The minimum atomic E-state index is -3.91. The average molecular weight is 508 g/mol. The zero-order valence-electron chi connectivity index (χ0n) is 20.6. The zero-order valence-corrected chi connectivity index (χ0v) is 21.4. The van der Waals surface area contributed by atoms with E-state index in [2.05, 4.69) is 22.3 Å². The molecule has 0 spiro atoms. The molecule has 3 aromatic rings. The Hall–Kier alpha value is -3.20. The summed E-state index contributed by atoms with van der Waals surface area (Å²) < 4.78 is 33.4. The molecule has 0 saturated carbocycles. The highest BCUT2D eigenvalue weighted by molar-refractivity contribution is 7.92. The Kier molecular flexibility index (Phi) is 8.74. The van der Waals surface area contributed by atoms with Crippen molar-refractivity contribution in [2.75, 3.05) is 37.2 Å². The summed E-state index contributed by atoms with van der Waals surface area (Å²) in [5, 5.41) is 2.87. The topological polar surface area (TPSA) is 79.0 Å². The number of hydrogen-bond donors (Lipinski definition) is 1. The first-order chi connectivity index (χ1) is 17.5. The number of carbonyl (C=O) groups is 1. The zero-order chi connectivity index (χ0) is 25.4. The maximum Gasteiger partial charge on any atom is 0.264 e. The molecule has 3 aromatic carbocycles. The molecule has 0 atom stereocenters. The number of nitrogens with one attached hydrogen (secondary N) is 1. The maximum atomic E-state index is 13.4. The lowest BCUT2D eigenvalue weighted by atomic mass is 10.1. The van der Waals surface area contributed by atoms with E-state index in [-0.39, 0.29) is 17.3 Å². The number of benzene rings is 3. The van der Waals surface area contributed by atoms with Crippen molar-refractivity contribution in [3.8, 4) is 0 Å². The van der Waals surface area contributed by atoms with Gasteiger partial charge in [0, 0.05) is 26.2 Å². The van der Waals surface area contributed by atoms with Crippen LogP contribution in [0.3, 0.4) is 0 Å². The van der Waals surface area contributed by atoms with E-state index >= 15 is 0 Å². The molecule has 0 unspecified atom stereocenters. The Morgan fingerprint density at radius 2 is 1.50 bits per heavy atom. The van der Waals surface area contributed by atoms with Gasteiger partial charge >= 0.3 is 0 Å². The molecule has 0 bridgehead atoms. The van der Waals surface area contributed by atoms with Gasteiger partial charge in [-0.1, -0.05) is 61.5 Å². The molecular weight excluding hydrogens is 474 g/mol. The third-order valence-electron chi connectivity index (χ3n) is 6.27. The minimum Gasteiger partial charge on any atom is -0.379 e. The second-order valence-corrected chi connectivity index (χ2v) is 10.7. The highest BCUT2D eigenvalue weighted by atomic mass is 32.2. The van der Waals surface area contributed by atoms with Crippen LogP contribution in [0.15, 0.2) is 83.8 Å². The molecule has 36 heavy (non-hydrogen) atoms. The van der Waals surface area contributed by atoms with Gasteiger partial charge in [0.2, 0.25) is 5.91 Å². The van der Waals surface area contributed by atoms with Crippen LogP contribution in [0.4, 0.5) is 5.69 Å². The standard InChI is InChI=1S/C28H33N3O4S/c1-2-23-12-14-26(15-13-23)31(36(33,34)27-6-4-3-5-7-27)22-28(32)29-20-24-8-10-25(11-9-24)21-30-16-18-35-19-17-30/h3-15H,2,16-22H2,1H3,(H,29,32). The lowest BCUT2D eigenvalue weighted by molar-refractivity contribution is -0.119. The number of sulfonamides is 1. The van der Waals surface area contributed by atoms with Crippen molar-refractivity contribution in [3.05, 3.63) is 95.6 Å². The number of amides is 1. The predicted molar refractivity (Wildman–Crippen MR) is 141 cm³/mol. The van der Waals surface area contributed by atoms with Crippen LogP contribution >= 0.6 is 0 Å². The normalized spacial score (nSPS) is 14.4. The van der Waals surface area contributed by atoms with Gasteiger partial charge in [0.1, 0.15) is 6.54 Å². The molecule has 1 amide bonds. The highest BCUT2D eigenvalue weighted by Crippen LogP contribution is 2.24. The van der Waals surface area contributed by atoms with Crippen LogP contribution in [0.25, 0.3) is 0 Å². The molecule has 0 aromatic heterocycles. The summed E-state index contributed by atoms with van der Waals surface area (Å²) in [5.41, 5.74) is 3.72. The lowest BCUT2D eigenvalue weighted by Crippen LogP contribution is -2.40. The van der Waals surface area contributed by atoms with Crippen molar-refractivity contribution < 1.29 is 17.9 Å². The minimum absolute atomic E-state index is 0.147. The Bertz CT molecular complexity index is 1220. The quantitative estimate of drug-likeness (QED) is 0.454. The van der Waals surface area contributed by atoms with E-state index < -0.39 is 10.0 Å². The summed E-state index contributed by atoms with van der Waals surface area (Å²) in [6.45, 7) is 6.33. The SMILES string of the molecule is CCc1ccc(N(CC(=O)NCc2ccc(CN3CCOCC3)cc2)S(=O)(=O)c2ccccc2)cc1. The number of nitrogens with zero attached hydrogens (tertiary/aromatic N) is 2. The van der Waals surface area contributed by atoms with E-state index in [1.807, 2.05) is 31.2 Å².